The van der Waals surface area contributed by atoms with E-state index >= 15 is 0 Å². The lowest BCUT2D eigenvalue weighted by Crippen LogP contribution is -2.40. The van der Waals surface area contributed by atoms with Crippen LogP contribution in [0.15, 0.2) is 53.7 Å². The molecule has 0 radical (unpaired) electrons. The number of rotatable bonds is 9. The Morgan fingerprint density at radius 1 is 1.13 bits per heavy atom. The van der Waals surface area contributed by atoms with Gasteiger partial charge in [-0.1, -0.05) is 64.8 Å². The molecule has 2 aromatic rings. The first-order valence-corrected chi connectivity index (χ1v) is 11.2. The first kappa shape index (κ1) is 24.0. The Hall–Kier alpha value is -1.63. The summed E-state index contributed by atoms with van der Waals surface area (Å²) in [4.78, 5) is 7.84. The van der Waals surface area contributed by atoms with Crippen molar-refractivity contribution in [1.29, 1.82) is 0 Å². The summed E-state index contributed by atoms with van der Waals surface area (Å²) in [7, 11) is 0. The quantitative estimate of drug-likeness (QED) is 0.556. The van der Waals surface area contributed by atoms with Crippen LogP contribution in [0.2, 0.25) is 10.0 Å². The summed E-state index contributed by atoms with van der Waals surface area (Å²) in [6.45, 7) is 7.80. The zero-order valence-corrected chi connectivity index (χ0v) is 19.7. The third-order valence-electron chi connectivity index (χ3n) is 4.91. The highest BCUT2D eigenvalue weighted by Gasteiger charge is 2.27. The van der Waals surface area contributed by atoms with Gasteiger partial charge >= 0.3 is 0 Å². The van der Waals surface area contributed by atoms with Crippen molar-refractivity contribution in [2.45, 2.75) is 51.5 Å². The lowest BCUT2D eigenvalue weighted by Gasteiger charge is -2.29. The minimum absolute atomic E-state index is 0.135. The minimum Gasteiger partial charge on any atom is -0.390 e. The molecule has 1 heterocycles. The maximum atomic E-state index is 10.6. The number of hydrogen-bond acceptors (Lipinski definition) is 5. The largest absolute Gasteiger partial charge is 0.390 e. The standard InChI is InChI=1S/C24H30Cl2N2O3/c1-24(2,3)30-16-18(29)14-28(13-17-8-4-6-10-21(17)25)15-19-12-23(27-31-19)20-9-5-7-11-22(20)26/h4-11,18-19,29H,12-16H2,1-3H3/t18-,19+/m0/s1. The first-order valence-electron chi connectivity index (χ1n) is 10.5. The zero-order chi connectivity index (χ0) is 22.4. The Morgan fingerprint density at radius 3 is 2.48 bits per heavy atom. The third kappa shape index (κ3) is 7.48. The molecule has 1 aliphatic heterocycles. The van der Waals surface area contributed by atoms with Crippen LogP contribution >= 0.6 is 23.2 Å². The summed E-state index contributed by atoms with van der Waals surface area (Å²) in [6.07, 6.45) is -0.117. The fourth-order valence-corrected chi connectivity index (χ4v) is 3.88. The number of aliphatic hydroxyl groups is 1. The van der Waals surface area contributed by atoms with Crippen LogP contribution in [0.25, 0.3) is 0 Å². The minimum atomic E-state index is -0.632. The number of nitrogens with zero attached hydrogens (tertiary/aromatic N) is 2. The molecule has 0 saturated carbocycles. The highest BCUT2D eigenvalue weighted by molar-refractivity contribution is 6.34. The molecule has 0 spiro atoms. The molecule has 168 valence electrons. The molecule has 31 heavy (non-hydrogen) atoms. The molecule has 1 N–H and O–H groups in total. The number of benzene rings is 2. The molecule has 5 nitrogen and oxygen atoms in total. The molecule has 0 aromatic heterocycles. The van der Waals surface area contributed by atoms with Crippen LogP contribution < -0.4 is 0 Å². The number of hydrogen-bond donors (Lipinski definition) is 1. The van der Waals surface area contributed by atoms with Gasteiger partial charge < -0.3 is 14.7 Å². The van der Waals surface area contributed by atoms with Gasteiger partial charge in [-0.25, -0.2) is 0 Å². The van der Waals surface area contributed by atoms with Crippen LogP contribution in [-0.2, 0) is 16.1 Å². The average molecular weight is 465 g/mol. The SMILES string of the molecule is CC(C)(C)OC[C@@H](O)CN(Cc1ccccc1Cl)C[C@H]1CC(c2ccccc2Cl)=NO1. The molecule has 1 aliphatic rings. The number of aliphatic hydroxyl groups excluding tert-OH is 1. The molecule has 2 aromatic carbocycles. The molecule has 0 saturated heterocycles. The van der Waals surface area contributed by atoms with E-state index in [0.29, 0.717) is 36.1 Å². The van der Waals surface area contributed by atoms with E-state index in [2.05, 4.69) is 10.1 Å². The van der Waals surface area contributed by atoms with Crippen LogP contribution in [0.3, 0.4) is 0 Å². The Morgan fingerprint density at radius 2 is 1.81 bits per heavy atom. The van der Waals surface area contributed by atoms with Gasteiger partial charge in [0.15, 0.2) is 0 Å². The molecule has 0 unspecified atom stereocenters. The van der Waals surface area contributed by atoms with E-state index in [-0.39, 0.29) is 18.3 Å². The van der Waals surface area contributed by atoms with E-state index in [1.807, 2.05) is 69.3 Å². The van der Waals surface area contributed by atoms with Gasteiger partial charge in [0.1, 0.15) is 6.10 Å². The second-order valence-electron chi connectivity index (χ2n) is 8.81. The van der Waals surface area contributed by atoms with Crippen LogP contribution in [-0.4, -0.2) is 53.2 Å². The van der Waals surface area contributed by atoms with E-state index in [4.69, 9.17) is 32.8 Å². The fourth-order valence-electron chi connectivity index (χ4n) is 3.44. The summed E-state index contributed by atoms with van der Waals surface area (Å²) in [5, 5.41) is 16.2. The molecular formula is C24H30Cl2N2O3. The predicted octanol–water partition coefficient (Wildman–Crippen LogP) is 5.16. The van der Waals surface area contributed by atoms with Crippen LogP contribution in [0, 0.1) is 0 Å². The highest BCUT2D eigenvalue weighted by atomic mass is 35.5. The van der Waals surface area contributed by atoms with E-state index in [1.54, 1.807) is 0 Å². The smallest absolute Gasteiger partial charge is 0.145 e. The predicted molar refractivity (Wildman–Crippen MR) is 126 cm³/mol. The van der Waals surface area contributed by atoms with Crippen molar-refractivity contribution in [3.8, 4) is 0 Å². The van der Waals surface area contributed by atoms with Gasteiger partial charge in [0.05, 0.1) is 24.0 Å². The summed E-state index contributed by atoms with van der Waals surface area (Å²) >= 11 is 12.7. The van der Waals surface area contributed by atoms with Crippen molar-refractivity contribution in [1.82, 2.24) is 4.90 Å². The topological polar surface area (TPSA) is 54.3 Å². The molecule has 3 rings (SSSR count). The van der Waals surface area contributed by atoms with Crippen LogP contribution in [0.4, 0.5) is 0 Å². The van der Waals surface area contributed by atoms with Crippen LogP contribution in [0.5, 0.6) is 0 Å². The second kappa shape index (κ2) is 10.8. The summed E-state index contributed by atoms with van der Waals surface area (Å²) in [5.74, 6) is 0. The molecule has 0 fully saturated rings. The highest BCUT2D eigenvalue weighted by Crippen LogP contribution is 2.24. The Balaban J connectivity index is 1.65. The van der Waals surface area contributed by atoms with Crippen molar-refractivity contribution in [3.63, 3.8) is 0 Å². The summed E-state index contributed by atoms with van der Waals surface area (Å²) < 4.78 is 5.75. The van der Waals surface area contributed by atoms with E-state index in [0.717, 1.165) is 16.8 Å². The number of ether oxygens (including phenoxy) is 1. The van der Waals surface area contributed by atoms with Crippen LogP contribution in [0.1, 0.15) is 38.3 Å². The van der Waals surface area contributed by atoms with Gasteiger partial charge in [-0.2, -0.15) is 0 Å². The Bertz CT molecular complexity index is 898. The van der Waals surface area contributed by atoms with Gasteiger partial charge in [-0.05, 0) is 38.5 Å². The first-order chi connectivity index (χ1) is 14.7. The maximum absolute atomic E-state index is 10.6. The van der Waals surface area contributed by atoms with Crippen molar-refractivity contribution in [2.24, 2.45) is 5.16 Å². The second-order valence-corrected chi connectivity index (χ2v) is 9.63. The lowest BCUT2D eigenvalue weighted by molar-refractivity contribution is -0.0600. The van der Waals surface area contributed by atoms with Gasteiger partial charge in [0.2, 0.25) is 0 Å². The summed E-state index contributed by atoms with van der Waals surface area (Å²) in [5.41, 5.74) is 2.42. The molecule has 0 bridgehead atoms. The van der Waals surface area contributed by atoms with Crippen molar-refractivity contribution in [3.05, 3.63) is 69.7 Å². The normalized spacial score (nSPS) is 17.5. The zero-order valence-electron chi connectivity index (χ0n) is 18.2. The van der Waals surface area contributed by atoms with Gasteiger partial charge in [0, 0.05) is 41.7 Å². The molecule has 7 heteroatoms. The monoisotopic (exact) mass is 464 g/mol. The Labute approximate surface area is 194 Å². The molecular weight excluding hydrogens is 435 g/mol. The molecule has 2 atom stereocenters. The van der Waals surface area contributed by atoms with E-state index < -0.39 is 6.10 Å². The third-order valence-corrected chi connectivity index (χ3v) is 5.61. The van der Waals surface area contributed by atoms with Crippen molar-refractivity contribution < 1.29 is 14.7 Å². The molecule has 0 aliphatic carbocycles. The van der Waals surface area contributed by atoms with E-state index in [1.165, 1.54) is 0 Å². The Kier molecular flexibility index (Phi) is 8.36. The van der Waals surface area contributed by atoms with Gasteiger partial charge in [-0.3, -0.25) is 4.90 Å². The van der Waals surface area contributed by atoms with Gasteiger partial charge in [-0.15, -0.1) is 0 Å². The molecule has 0 amide bonds. The summed E-state index contributed by atoms with van der Waals surface area (Å²) in [6, 6.07) is 15.4. The number of halogens is 2. The number of oxime groups is 1. The fraction of sp³-hybridized carbons (Fsp3) is 0.458. The lowest BCUT2D eigenvalue weighted by atomic mass is 10.0. The van der Waals surface area contributed by atoms with Gasteiger partial charge in [0.25, 0.3) is 0 Å². The maximum Gasteiger partial charge on any atom is 0.145 e. The van der Waals surface area contributed by atoms with Crippen molar-refractivity contribution in [2.75, 3.05) is 19.7 Å². The average Bonchev–Trinajstić information content (AvgIpc) is 3.16. The van der Waals surface area contributed by atoms with Crippen molar-refractivity contribution >= 4 is 28.9 Å². The van der Waals surface area contributed by atoms with E-state index in [9.17, 15) is 5.11 Å².